The van der Waals surface area contributed by atoms with Crippen molar-refractivity contribution in [2.75, 3.05) is 0 Å². The first-order valence-electron chi connectivity index (χ1n) is 8.25. The Labute approximate surface area is 140 Å². The summed E-state index contributed by atoms with van der Waals surface area (Å²) in [6.07, 6.45) is 0. The van der Waals surface area contributed by atoms with Crippen LogP contribution in [0, 0.1) is 0 Å². The summed E-state index contributed by atoms with van der Waals surface area (Å²) in [5.41, 5.74) is 7.73. The van der Waals surface area contributed by atoms with E-state index in [-0.39, 0.29) is 0 Å². The van der Waals surface area contributed by atoms with Crippen molar-refractivity contribution >= 4 is 17.9 Å². The third-order valence-electron chi connectivity index (χ3n) is 5.25. The summed E-state index contributed by atoms with van der Waals surface area (Å²) in [6.45, 7) is 1.32. The predicted molar refractivity (Wildman–Crippen MR) is 97.7 cm³/mol. The number of fused-ring (bicyclic) bond motifs is 3. The Kier molecular flexibility index (Phi) is 2.47. The van der Waals surface area contributed by atoms with E-state index < -0.39 is 7.34 Å². The molecule has 0 fully saturated rings. The molecule has 0 unspecified atom stereocenters. The molecule has 0 atom stereocenters. The van der Waals surface area contributed by atoms with Crippen molar-refractivity contribution in [3.05, 3.63) is 89.0 Å². The number of rotatable bonds is 0. The Morgan fingerprint density at radius 3 is 1.62 bits per heavy atom. The minimum absolute atomic E-state index is 0.658. The average molecular weight is 330 g/mol. The quantitative estimate of drug-likeness (QED) is 0.443. The highest BCUT2D eigenvalue weighted by atomic mass is 31.2. The van der Waals surface area contributed by atoms with Gasteiger partial charge in [0.15, 0.2) is 7.34 Å². The fourth-order valence-corrected chi connectivity index (χ4v) is 7.81. The largest absolute Gasteiger partial charge is 0.329 e. The lowest BCUT2D eigenvalue weighted by molar-refractivity contribution is 0.254. The molecule has 0 saturated carbocycles. The van der Waals surface area contributed by atoms with Crippen molar-refractivity contribution < 1.29 is 9.05 Å². The lowest BCUT2D eigenvalue weighted by atomic mass is 10.1. The van der Waals surface area contributed by atoms with Crippen LogP contribution >= 0.6 is 7.34 Å². The van der Waals surface area contributed by atoms with Crippen LogP contribution in [-0.4, -0.2) is 5.29 Å². The average Bonchev–Trinajstić information content (AvgIpc) is 3.29. The van der Waals surface area contributed by atoms with E-state index in [4.69, 9.17) is 9.05 Å². The van der Waals surface area contributed by atoms with E-state index in [9.17, 15) is 0 Å². The molecular formula is C21H15O2P. The van der Waals surface area contributed by atoms with Crippen molar-refractivity contribution in [3.8, 4) is 11.1 Å². The molecule has 116 valence electrons. The van der Waals surface area contributed by atoms with E-state index in [0.717, 1.165) is 0 Å². The summed E-state index contributed by atoms with van der Waals surface area (Å²) in [6, 6.07) is 23.8. The zero-order valence-electron chi connectivity index (χ0n) is 13.0. The van der Waals surface area contributed by atoms with Crippen molar-refractivity contribution in [2.45, 2.75) is 13.2 Å². The van der Waals surface area contributed by atoms with Crippen LogP contribution in [0.4, 0.5) is 0 Å². The first-order valence-corrected chi connectivity index (χ1v) is 9.87. The van der Waals surface area contributed by atoms with E-state index in [1.165, 1.54) is 44.0 Å². The molecule has 3 aromatic rings. The first-order chi connectivity index (χ1) is 11.9. The Hall–Kier alpha value is -2.12. The summed E-state index contributed by atoms with van der Waals surface area (Å²) < 4.78 is 12.9. The molecule has 2 aliphatic heterocycles. The lowest BCUT2D eigenvalue weighted by Crippen LogP contribution is -2.11. The van der Waals surface area contributed by atoms with Crippen LogP contribution in [0.1, 0.15) is 22.3 Å². The maximum atomic E-state index is 6.46. The minimum Gasteiger partial charge on any atom is -0.329 e. The minimum atomic E-state index is -2.22. The molecule has 0 N–H and O–H groups in total. The third kappa shape index (κ3) is 1.45. The van der Waals surface area contributed by atoms with Crippen LogP contribution in [-0.2, 0) is 22.3 Å². The van der Waals surface area contributed by atoms with Gasteiger partial charge in [-0.05, 0) is 33.4 Å². The molecule has 24 heavy (non-hydrogen) atoms. The number of hydrogen-bond acceptors (Lipinski definition) is 2. The Balaban J connectivity index is 1.82. The van der Waals surface area contributed by atoms with Crippen molar-refractivity contribution in [2.24, 2.45) is 0 Å². The lowest BCUT2D eigenvalue weighted by Gasteiger charge is -2.20. The van der Waals surface area contributed by atoms with Gasteiger partial charge in [0.2, 0.25) is 0 Å². The standard InChI is InChI=1S/C21H15O2P/c1-3-10-18-16(8-1)17-9-2-4-11-19(17)21(18)24-20-14(12-22-24)6-5-7-15(20)13-23-24/h1-11H,12-13H2. The van der Waals surface area contributed by atoms with Gasteiger partial charge < -0.3 is 9.05 Å². The Morgan fingerprint density at radius 1 is 0.583 bits per heavy atom. The van der Waals surface area contributed by atoms with Gasteiger partial charge in [-0.2, -0.15) is 0 Å². The molecule has 3 aromatic carbocycles. The van der Waals surface area contributed by atoms with Crippen molar-refractivity contribution in [3.63, 3.8) is 0 Å². The van der Waals surface area contributed by atoms with E-state index >= 15 is 0 Å². The van der Waals surface area contributed by atoms with Crippen LogP contribution in [0.25, 0.3) is 11.1 Å². The fourth-order valence-electron chi connectivity index (χ4n) is 4.29. The summed E-state index contributed by atoms with van der Waals surface area (Å²) >= 11 is 0. The van der Waals surface area contributed by atoms with Crippen LogP contribution in [0.2, 0.25) is 0 Å². The maximum Gasteiger partial charge on any atom is 0.164 e. The summed E-state index contributed by atoms with van der Waals surface area (Å²) in [5.74, 6) is 0. The molecule has 2 heterocycles. The fraction of sp³-hybridized carbons (Fsp3) is 0.0952. The highest BCUT2D eigenvalue weighted by Gasteiger charge is 2.44. The SMILES string of the molecule is c1cc2c3c(c1)COP3(=C1c3ccccc3-c3ccccc31)OC2. The van der Waals surface area contributed by atoms with E-state index in [0.29, 0.717) is 13.2 Å². The molecule has 0 saturated heterocycles. The monoisotopic (exact) mass is 330 g/mol. The van der Waals surface area contributed by atoms with Crippen LogP contribution in [0.3, 0.4) is 0 Å². The summed E-state index contributed by atoms with van der Waals surface area (Å²) in [7, 11) is -2.22. The number of benzene rings is 3. The normalized spacial score (nSPS) is 18.4. The zero-order chi connectivity index (χ0) is 15.7. The van der Waals surface area contributed by atoms with Crippen LogP contribution in [0.15, 0.2) is 66.7 Å². The molecule has 3 aliphatic rings. The molecule has 0 aromatic heterocycles. The van der Waals surface area contributed by atoms with Crippen molar-refractivity contribution in [1.29, 1.82) is 0 Å². The van der Waals surface area contributed by atoms with Gasteiger partial charge in [-0.3, -0.25) is 0 Å². The highest BCUT2D eigenvalue weighted by Crippen LogP contribution is 2.64. The van der Waals surface area contributed by atoms with Crippen LogP contribution < -0.4 is 5.30 Å². The predicted octanol–water partition coefficient (Wildman–Crippen LogP) is 4.47. The van der Waals surface area contributed by atoms with Gasteiger partial charge in [0, 0.05) is 10.6 Å². The second-order valence-electron chi connectivity index (χ2n) is 6.46. The molecule has 3 heteroatoms. The maximum absolute atomic E-state index is 6.46. The van der Waals surface area contributed by atoms with Gasteiger partial charge in [0.1, 0.15) is 0 Å². The van der Waals surface area contributed by atoms with Gasteiger partial charge in [0.05, 0.1) is 13.2 Å². The highest BCUT2D eigenvalue weighted by molar-refractivity contribution is 7.76. The molecule has 0 radical (unpaired) electrons. The molecular weight excluding hydrogens is 315 g/mol. The number of hydrogen-bond donors (Lipinski definition) is 0. The molecule has 0 amide bonds. The van der Waals surface area contributed by atoms with Gasteiger partial charge in [-0.25, -0.2) is 0 Å². The van der Waals surface area contributed by atoms with Gasteiger partial charge in [-0.15, -0.1) is 0 Å². The van der Waals surface area contributed by atoms with E-state index in [1.54, 1.807) is 0 Å². The smallest absolute Gasteiger partial charge is 0.164 e. The molecule has 2 nitrogen and oxygen atoms in total. The second-order valence-corrected chi connectivity index (χ2v) is 8.98. The Bertz CT molecular complexity index is 1000. The summed E-state index contributed by atoms with van der Waals surface area (Å²) in [4.78, 5) is 0. The van der Waals surface area contributed by atoms with Crippen LogP contribution in [0.5, 0.6) is 0 Å². The molecule has 0 bridgehead atoms. The third-order valence-corrected chi connectivity index (χ3v) is 8.47. The van der Waals surface area contributed by atoms with Gasteiger partial charge in [0.25, 0.3) is 0 Å². The zero-order valence-corrected chi connectivity index (χ0v) is 13.9. The molecule has 6 rings (SSSR count). The topological polar surface area (TPSA) is 18.5 Å². The Morgan fingerprint density at radius 2 is 1.08 bits per heavy atom. The molecule has 1 aliphatic carbocycles. The van der Waals surface area contributed by atoms with E-state index in [1.807, 2.05) is 0 Å². The first kappa shape index (κ1) is 13.2. The van der Waals surface area contributed by atoms with Gasteiger partial charge >= 0.3 is 0 Å². The second kappa shape index (κ2) is 4.49. The molecule has 0 spiro atoms. The summed E-state index contributed by atoms with van der Waals surface area (Å²) in [5, 5.41) is 2.61. The van der Waals surface area contributed by atoms with E-state index in [2.05, 4.69) is 66.7 Å². The van der Waals surface area contributed by atoms with Gasteiger partial charge in [-0.1, -0.05) is 66.7 Å². The van der Waals surface area contributed by atoms with Crippen molar-refractivity contribution in [1.82, 2.24) is 0 Å².